The molecule has 2 amide bonds. The molecule has 8 heteroatoms. The molecule has 2 aromatic rings. The molecule has 25 heavy (non-hydrogen) atoms. The van der Waals surface area contributed by atoms with Gasteiger partial charge in [-0.15, -0.1) is 11.3 Å². The van der Waals surface area contributed by atoms with Crippen LogP contribution in [0.15, 0.2) is 29.8 Å². The Morgan fingerprint density at radius 1 is 1.60 bits per heavy atom. The number of ether oxygens (including phenoxy) is 2. The Balaban J connectivity index is 1.58. The second kappa shape index (κ2) is 7.96. The Labute approximate surface area is 149 Å². The largest absolute Gasteiger partial charge is 0.495 e. The third-order valence-electron chi connectivity index (χ3n) is 3.91. The summed E-state index contributed by atoms with van der Waals surface area (Å²) in [6, 6.07) is 7.21. The molecule has 1 aromatic heterocycles. The fraction of sp³-hybridized carbons (Fsp3) is 0.353. The summed E-state index contributed by atoms with van der Waals surface area (Å²) in [6.45, 7) is 1.85. The number of hydrogen-bond acceptors (Lipinski definition) is 6. The normalized spacial score (nSPS) is 17.0. The average molecular weight is 358 g/mol. The summed E-state index contributed by atoms with van der Waals surface area (Å²) in [5.74, 6) is 0.525. The lowest BCUT2D eigenvalue weighted by molar-refractivity contribution is -0.0155. The summed E-state index contributed by atoms with van der Waals surface area (Å²) in [5.41, 5.74) is 1.29. The average Bonchev–Trinajstić information content (AvgIpc) is 3.20. The summed E-state index contributed by atoms with van der Waals surface area (Å²) in [4.78, 5) is 18.4. The molecule has 1 N–H and O–H groups in total. The van der Waals surface area contributed by atoms with E-state index in [0.29, 0.717) is 37.6 Å². The van der Waals surface area contributed by atoms with Gasteiger partial charge in [-0.1, -0.05) is 6.07 Å². The van der Waals surface area contributed by atoms with Crippen LogP contribution in [-0.4, -0.2) is 42.7 Å². The van der Waals surface area contributed by atoms with Gasteiger partial charge in [-0.2, -0.15) is 5.26 Å². The van der Waals surface area contributed by atoms with Crippen LogP contribution in [0, 0.1) is 11.3 Å². The van der Waals surface area contributed by atoms with E-state index < -0.39 is 0 Å². The summed E-state index contributed by atoms with van der Waals surface area (Å²) in [6.07, 6.45) is 1.56. The molecular weight excluding hydrogens is 340 g/mol. The molecule has 0 saturated carbocycles. The van der Waals surface area contributed by atoms with Gasteiger partial charge in [-0.05, 0) is 17.7 Å². The second-order valence-corrected chi connectivity index (χ2v) is 6.41. The van der Waals surface area contributed by atoms with E-state index in [-0.39, 0.29) is 12.1 Å². The van der Waals surface area contributed by atoms with Gasteiger partial charge in [0.25, 0.3) is 0 Å². The van der Waals surface area contributed by atoms with Gasteiger partial charge in [0, 0.05) is 24.7 Å². The Bertz CT molecular complexity index is 773. The number of morpholine rings is 1. The first-order chi connectivity index (χ1) is 12.2. The molecule has 0 aliphatic carbocycles. The number of rotatable bonds is 4. The molecule has 1 aromatic carbocycles. The van der Waals surface area contributed by atoms with Crippen molar-refractivity contribution >= 4 is 17.4 Å². The maximum Gasteiger partial charge on any atom is 0.317 e. The van der Waals surface area contributed by atoms with Crippen molar-refractivity contribution in [1.82, 2.24) is 15.2 Å². The number of amides is 2. The van der Waals surface area contributed by atoms with Crippen molar-refractivity contribution in [3.63, 3.8) is 0 Å². The fourth-order valence-corrected chi connectivity index (χ4v) is 3.30. The third-order valence-corrected chi connectivity index (χ3v) is 4.78. The molecule has 1 aliphatic rings. The van der Waals surface area contributed by atoms with Crippen molar-refractivity contribution in [3.05, 3.63) is 45.9 Å². The predicted octanol–water partition coefficient (Wildman–Crippen LogP) is 2.31. The number of carbonyl (C=O) groups is 1. The highest BCUT2D eigenvalue weighted by Gasteiger charge is 2.26. The predicted molar refractivity (Wildman–Crippen MR) is 92.3 cm³/mol. The lowest BCUT2D eigenvalue weighted by Crippen LogP contribution is -2.46. The molecule has 2 heterocycles. The highest BCUT2D eigenvalue weighted by atomic mass is 32.1. The maximum absolute atomic E-state index is 12.4. The summed E-state index contributed by atoms with van der Waals surface area (Å²) >= 11 is 1.52. The molecule has 1 atom stereocenters. The minimum Gasteiger partial charge on any atom is -0.495 e. The van der Waals surface area contributed by atoms with Crippen LogP contribution in [0.2, 0.25) is 0 Å². The van der Waals surface area contributed by atoms with E-state index in [1.54, 1.807) is 23.2 Å². The lowest BCUT2D eigenvalue weighted by Gasteiger charge is -2.32. The van der Waals surface area contributed by atoms with Gasteiger partial charge in [-0.25, -0.2) is 9.78 Å². The number of carbonyl (C=O) groups excluding carboxylic acids is 1. The van der Waals surface area contributed by atoms with E-state index >= 15 is 0 Å². The molecule has 130 valence electrons. The first kappa shape index (κ1) is 17.2. The number of thiazole rings is 1. The highest BCUT2D eigenvalue weighted by Crippen LogP contribution is 2.24. The lowest BCUT2D eigenvalue weighted by atomic mass is 10.1. The van der Waals surface area contributed by atoms with Gasteiger partial charge in [0.05, 0.1) is 25.8 Å². The zero-order valence-corrected chi connectivity index (χ0v) is 14.6. The molecule has 3 rings (SSSR count). The Morgan fingerprint density at radius 3 is 3.20 bits per heavy atom. The number of nitrogens with one attached hydrogen (secondary N) is 1. The number of nitriles is 1. The van der Waals surface area contributed by atoms with Crippen LogP contribution in [0.3, 0.4) is 0 Å². The van der Waals surface area contributed by atoms with Gasteiger partial charge in [0.15, 0.2) is 0 Å². The standard InChI is InChI=1S/C17H18N4O3S/c1-23-14-3-2-12(8-13(14)9-18)10-20-17(22)21-5-6-24-15(11-21)16-19-4-7-25-16/h2-4,7-8,15H,5-6,10-11H2,1H3,(H,20,22). The van der Waals surface area contributed by atoms with Crippen molar-refractivity contribution in [1.29, 1.82) is 5.26 Å². The summed E-state index contributed by atoms with van der Waals surface area (Å²) in [7, 11) is 1.52. The molecule has 0 bridgehead atoms. The number of benzene rings is 1. The molecule has 0 radical (unpaired) electrons. The highest BCUT2D eigenvalue weighted by molar-refractivity contribution is 7.09. The van der Waals surface area contributed by atoms with Crippen LogP contribution in [0.1, 0.15) is 22.2 Å². The molecule has 1 fully saturated rings. The van der Waals surface area contributed by atoms with E-state index in [4.69, 9.17) is 14.7 Å². The monoisotopic (exact) mass is 358 g/mol. The Morgan fingerprint density at radius 2 is 2.48 bits per heavy atom. The Kier molecular flexibility index (Phi) is 5.48. The van der Waals surface area contributed by atoms with Crippen molar-refractivity contribution in [3.8, 4) is 11.8 Å². The molecule has 1 aliphatic heterocycles. The van der Waals surface area contributed by atoms with Crippen LogP contribution in [0.4, 0.5) is 4.79 Å². The number of aromatic nitrogens is 1. The van der Waals surface area contributed by atoms with Crippen LogP contribution >= 0.6 is 11.3 Å². The fourth-order valence-electron chi connectivity index (χ4n) is 2.62. The van der Waals surface area contributed by atoms with Crippen LogP contribution in [-0.2, 0) is 11.3 Å². The summed E-state index contributed by atoms with van der Waals surface area (Å²) in [5, 5.41) is 14.8. The Hall–Kier alpha value is -2.63. The first-order valence-corrected chi connectivity index (χ1v) is 8.70. The van der Waals surface area contributed by atoms with Crippen LogP contribution < -0.4 is 10.1 Å². The maximum atomic E-state index is 12.4. The number of hydrogen-bond donors (Lipinski definition) is 1. The third kappa shape index (κ3) is 4.07. The zero-order valence-electron chi connectivity index (χ0n) is 13.8. The summed E-state index contributed by atoms with van der Waals surface area (Å²) < 4.78 is 10.8. The van der Waals surface area contributed by atoms with E-state index in [0.717, 1.165) is 10.6 Å². The smallest absolute Gasteiger partial charge is 0.317 e. The van der Waals surface area contributed by atoms with Crippen molar-refractivity contribution in [2.75, 3.05) is 26.8 Å². The first-order valence-electron chi connectivity index (χ1n) is 7.82. The number of urea groups is 1. The SMILES string of the molecule is COc1ccc(CNC(=O)N2CCOC(c3nccs3)C2)cc1C#N. The van der Waals surface area contributed by atoms with Gasteiger partial charge < -0.3 is 19.7 Å². The molecule has 0 spiro atoms. The van der Waals surface area contributed by atoms with Crippen molar-refractivity contribution in [2.24, 2.45) is 0 Å². The van der Waals surface area contributed by atoms with Gasteiger partial charge >= 0.3 is 6.03 Å². The van der Waals surface area contributed by atoms with Crippen molar-refractivity contribution in [2.45, 2.75) is 12.6 Å². The number of methoxy groups -OCH3 is 1. The molecule has 1 saturated heterocycles. The van der Waals surface area contributed by atoms with E-state index in [9.17, 15) is 4.79 Å². The van der Waals surface area contributed by atoms with Crippen LogP contribution in [0.5, 0.6) is 5.75 Å². The minimum atomic E-state index is -0.175. The van der Waals surface area contributed by atoms with Gasteiger partial charge in [-0.3, -0.25) is 0 Å². The molecule has 7 nitrogen and oxygen atoms in total. The van der Waals surface area contributed by atoms with Crippen LogP contribution in [0.25, 0.3) is 0 Å². The second-order valence-electron chi connectivity index (χ2n) is 5.48. The van der Waals surface area contributed by atoms with Gasteiger partial charge in [0.1, 0.15) is 22.9 Å². The van der Waals surface area contributed by atoms with E-state index in [1.807, 2.05) is 11.4 Å². The molecule has 1 unspecified atom stereocenters. The topological polar surface area (TPSA) is 87.5 Å². The number of nitrogens with zero attached hydrogens (tertiary/aromatic N) is 3. The van der Waals surface area contributed by atoms with Crippen molar-refractivity contribution < 1.29 is 14.3 Å². The molecular formula is C17H18N4O3S. The van der Waals surface area contributed by atoms with E-state index in [2.05, 4.69) is 16.4 Å². The van der Waals surface area contributed by atoms with E-state index in [1.165, 1.54) is 18.4 Å². The van der Waals surface area contributed by atoms with Gasteiger partial charge in [0.2, 0.25) is 0 Å². The zero-order chi connectivity index (χ0) is 17.6. The quantitative estimate of drug-likeness (QED) is 0.906. The minimum absolute atomic E-state index is 0.154.